The van der Waals surface area contributed by atoms with E-state index in [1.54, 1.807) is 7.05 Å². The number of nitrogens with zero attached hydrogens (tertiary/aromatic N) is 1. The number of nitrogens with two attached hydrogens (primary N) is 1. The fourth-order valence-electron chi connectivity index (χ4n) is 1.26. The van der Waals surface area contributed by atoms with Crippen LogP contribution in [-0.4, -0.2) is 31.0 Å². The number of alkyl halides is 3. The van der Waals surface area contributed by atoms with Crippen LogP contribution in [0.3, 0.4) is 0 Å². The van der Waals surface area contributed by atoms with Gasteiger partial charge < -0.3 is 16.4 Å². The Morgan fingerprint density at radius 2 is 2.06 bits per heavy atom. The molecule has 100 valence electrons. The van der Waals surface area contributed by atoms with Crippen LogP contribution in [0.1, 0.15) is 16.1 Å². The molecule has 1 amide bonds. The molecule has 0 saturated carbocycles. The van der Waals surface area contributed by atoms with E-state index in [-0.39, 0.29) is 11.4 Å². The molecular formula is C10H13F3N4O. The van der Waals surface area contributed by atoms with E-state index in [0.29, 0.717) is 13.1 Å². The lowest BCUT2D eigenvalue weighted by Crippen LogP contribution is -2.22. The zero-order valence-corrected chi connectivity index (χ0v) is 9.64. The van der Waals surface area contributed by atoms with Crippen LogP contribution in [0.5, 0.6) is 0 Å². The molecule has 8 heteroatoms. The van der Waals surface area contributed by atoms with Crippen molar-refractivity contribution in [2.24, 2.45) is 5.73 Å². The van der Waals surface area contributed by atoms with Gasteiger partial charge in [0.15, 0.2) is 0 Å². The monoisotopic (exact) mass is 262 g/mol. The second-order valence-electron chi connectivity index (χ2n) is 3.48. The quantitative estimate of drug-likeness (QED) is 0.687. The van der Waals surface area contributed by atoms with Crippen molar-refractivity contribution in [3.8, 4) is 0 Å². The number of pyridine rings is 1. The number of anilines is 1. The highest BCUT2D eigenvalue weighted by Crippen LogP contribution is 2.29. The second kappa shape index (κ2) is 5.67. The molecule has 4 N–H and O–H groups in total. The van der Waals surface area contributed by atoms with Crippen molar-refractivity contribution in [1.82, 2.24) is 10.3 Å². The minimum Gasteiger partial charge on any atom is -0.368 e. The number of rotatable bonds is 5. The first-order valence-electron chi connectivity index (χ1n) is 5.12. The summed E-state index contributed by atoms with van der Waals surface area (Å²) in [4.78, 5) is 14.4. The van der Waals surface area contributed by atoms with Crippen LogP contribution in [0.25, 0.3) is 0 Å². The summed E-state index contributed by atoms with van der Waals surface area (Å²) < 4.78 is 37.4. The fourth-order valence-corrected chi connectivity index (χ4v) is 1.26. The SMILES string of the molecule is CNCCNc1nc(C(F)(F)F)ccc1C(N)=O. The maximum atomic E-state index is 12.5. The average molecular weight is 262 g/mol. The maximum Gasteiger partial charge on any atom is 0.433 e. The fraction of sp³-hybridized carbons (Fsp3) is 0.400. The van der Waals surface area contributed by atoms with Gasteiger partial charge in [-0.3, -0.25) is 4.79 Å². The smallest absolute Gasteiger partial charge is 0.368 e. The highest BCUT2D eigenvalue weighted by molar-refractivity contribution is 5.97. The van der Waals surface area contributed by atoms with Gasteiger partial charge in [0.1, 0.15) is 11.5 Å². The molecule has 18 heavy (non-hydrogen) atoms. The third-order valence-corrected chi connectivity index (χ3v) is 2.12. The van der Waals surface area contributed by atoms with Crippen molar-refractivity contribution in [3.63, 3.8) is 0 Å². The topological polar surface area (TPSA) is 80.0 Å². The summed E-state index contributed by atoms with van der Waals surface area (Å²) in [5.74, 6) is -0.990. The molecule has 0 bridgehead atoms. The molecule has 0 aliphatic carbocycles. The van der Waals surface area contributed by atoms with Crippen LogP contribution in [0, 0.1) is 0 Å². The predicted molar refractivity (Wildman–Crippen MR) is 60.2 cm³/mol. The molecule has 0 aliphatic rings. The van der Waals surface area contributed by atoms with Gasteiger partial charge in [-0.05, 0) is 19.2 Å². The molecule has 0 radical (unpaired) electrons. The first-order valence-corrected chi connectivity index (χ1v) is 5.12. The summed E-state index contributed by atoms with van der Waals surface area (Å²) in [5.41, 5.74) is 3.92. The van der Waals surface area contributed by atoms with Crippen LogP contribution >= 0.6 is 0 Å². The van der Waals surface area contributed by atoms with Crippen molar-refractivity contribution in [1.29, 1.82) is 0 Å². The van der Waals surface area contributed by atoms with Gasteiger partial charge in [-0.15, -0.1) is 0 Å². The molecule has 0 aliphatic heterocycles. The maximum absolute atomic E-state index is 12.5. The van der Waals surface area contributed by atoms with Crippen LogP contribution in [-0.2, 0) is 6.18 Å². The molecule has 0 atom stereocenters. The van der Waals surface area contributed by atoms with Gasteiger partial charge in [0.25, 0.3) is 5.91 Å². The van der Waals surface area contributed by atoms with Crippen LogP contribution in [0.15, 0.2) is 12.1 Å². The Balaban J connectivity index is 3.04. The lowest BCUT2D eigenvalue weighted by atomic mass is 10.2. The van der Waals surface area contributed by atoms with Gasteiger partial charge in [-0.2, -0.15) is 13.2 Å². The van der Waals surface area contributed by atoms with Crippen molar-refractivity contribution in [2.45, 2.75) is 6.18 Å². The standard InChI is InChI=1S/C10H13F3N4O/c1-15-4-5-16-9-6(8(14)18)2-3-7(17-9)10(11,12)13/h2-3,15H,4-5H2,1H3,(H2,14,18)(H,16,17). The third kappa shape index (κ3) is 3.59. The summed E-state index contributed by atoms with van der Waals surface area (Å²) in [6, 6.07) is 1.74. The molecule has 0 unspecified atom stereocenters. The Morgan fingerprint density at radius 3 is 2.56 bits per heavy atom. The number of nitrogens with one attached hydrogen (secondary N) is 2. The van der Waals surface area contributed by atoms with E-state index >= 15 is 0 Å². The first kappa shape index (κ1) is 14.2. The van der Waals surface area contributed by atoms with Gasteiger partial charge >= 0.3 is 6.18 Å². The molecule has 1 aromatic rings. The van der Waals surface area contributed by atoms with Gasteiger partial charge in [0, 0.05) is 13.1 Å². The number of aromatic nitrogens is 1. The Bertz CT molecular complexity index is 434. The third-order valence-electron chi connectivity index (χ3n) is 2.12. The minimum absolute atomic E-state index is 0.0703. The van der Waals surface area contributed by atoms with Gasteiger partial charge in [-0.25, -0.2) is 4.98 Å². The largest absolute Gasteiger partial charge is 0.433 e. The van der Waals surface area contributed by atoms with Crippen LogP contribution in [0.4, 0.5) is 19.0 Å². The van der Waals surface area contributed by atoms with Crippen molar-refractivity contribution in [2.75, 3.05) is 25.5 Å². The zero-order valence-electron chi connectivity index (χ0n) is 9.64. The first-order chi connectivity index (χ1) is 8.36. The van der Waals surface area contributed by atoms with E-state index in [4.69, 9.17) is 5.73 Å². The average Bonchev–Trinajstić information content (AvgIpc) is 2.27. The Labute approximate surface area is 102 Å². The van der Waals surface area contributed by atoms with E-state index in [9.17, 15) is 18.0 Å². The lowest BCUT2D eigenvalue weighted by molar-refractivity contribution is -0.141. The normalized spacial score (nSPS) is 11.3. The number of halogens is 3. The number of carbonyl (C=O) groups excluding carboxylic acids is 1. The second-order valence-corrected chi connectivity index (χ2v) is 3.48. The Hall–Kier alpha value is -1.83. The summed E-state index contributed by atoms with van der Waals surface area (Å²) >= 11 is 0. The highest BCUT2D eigenvalue weighted by atomic mass is 19.4. The van der Waals surface area contributed by atoms with Crippen molar-refractivity contribution in [3.05, 3.63) is 23.4 Å². The van der Waals surface area contributed by atoms with Crippen LogP contribution in [0.2, 0.25) is 0 Å². The number of amides is 1. The van der Waals surface area contributed by atoms with E-state index < -0.39 is 17.8 Å². The number of hydrogen-bond acceptors (Lipinski definition) is 4. The molecular weight excluding hydrogens is 249 g/mol. The zero-order chi connectivity index (χ0) is 13.8. The van der Waals surface area contributed by atoms with Crippen molar-refractivity contribution < 1.29 is 18.0 Å². The molecule has 1 heterocycles. The molecule has 0 spiro atoms. The summed E-state index contributed by atoms with van der Waals surface area (Å²) in [5, 5.41) is 5.44. The summed E-state index contributed by atoms with van der Waals surface area (Å²) in [6.07, 6.45) is -4.56. The molecule has 0 saturated heterocycles. The molecule has 0 fully saturated rings. The number of primary amides is 1. The van der Waals surface area contributed by atoms with Gasteiger partial charge in [0.2, 0.25) is 0 Å². The number of hydrogen-bond donors (Lipinski definition) is 3. The highest BCUT2D eigenvalue weighted by Gasteiger charge is 2.33. The molecule has 5 nitrogen and oxygen atoms in total. The summed E-state index contributed by atoms with van der Waals surface area (Å²) in [6.45, 7) is 0.835. The van der Waals surface area contributed by atoms with E-state index in [1.165, 1.54) is 0 Å². The van der Waals surface area contributed by atoms with Gasteiger partial charge in [0.05, 0.1) is 5.56 Å². The summed E-state index contributed by atoms with van der Waals surface area (Å²) in [7, 11) is 1.69. The van der Waals surface area contributed by atoms with E-state index in [1.807, 2.05) is 0 Å². The molecule has 0 aromatic carbocycles. The lowest BCUT2D eigenvalue weighted by Gasteiger charge is -2.12. The van der Waals surface area contributed by atoms with Gasteiger partial charge in [-0.1, -0.05) is 0 Å². The Morgan fingerprint density at radius 1 is 1.39 bits per heavy atom. The Kier molecular flexibility index (Phi) is 4.49. The number of carbonyl (C=O) groups is 1. The van der Waals surface area contributed by atoms with E-state index in [0.717, 1.165) is 12.1 Å². The predicted octanol–water partition coefficient (Wildman–Crippen LogP) is 0.831. The van der Waals surface area contributed by atoms with Crippen LogP contribution < -0.4 is 16.4 Å². The molecule has 1 aromatic heterocycles. The molecule has 1 rings (SSSR count). The minimum atomic E-state index is -4.56. The van der Waals surface area contributed by atoms with E-state index in [2.05, 4.69) is 15.6 Å². The number of likely N-dealkylation sites (N-methyl/N-ethyl adjacent to an activating group) is 1. The van der Waals surface area contributed by atoms with Crippen molar-refractivity contribution >= 4 is 11.7 Å².